The third-order valence-corrected chi connectivity index (χ3v) is 7.02. The van der Waals surface area contributed by atoms with Crippen LogP contribution in [0.3, 0.4) is 0 Å². The molecule has 4 atom stereocenters. The number of aryl methyl sites for hydroxylation is 2. The number of nitrogens with one attached hydrogen (secondary N) is 3. The zero-order valence-corrected chi connectivity index (χ0v) is 19.1. The van der Waals surface area contributed by atoms with Gasteiger partial charge in [-0.05, 0) is 56.6 Å². The lowest BCUT2D eigenvalue weighted by molar-refractivity contribution is -0.125. The van der Waals surface area contributed by atoms with E-state index >= 15 is 0 Å². The summed E-state index contributed by atoms with van der Waals surface area (Å²) in [5.74, 6) is -0.354. The van der Waals surface area contributed by atoms with Crippen molar-refractivity contribution < 1.29 is 9.59 Å². The van der Waals surface area contributed by atoms with Crippen LogP contribution < -0.4 is 21.6 Å². The number of rotatable bonds is 3. The molecule has 1 saturated carbocycles. The molecule has 3 N–H and O–H groups in total. The molecule has 0 bridgehead atoms. The third-order valence-electron chi connectivity index (χ3n) is 7.02. The Hall–Kier alpha value is -2.78. The molecule has 1 aliphatic carbocycles. The van der Waals surface area contributed by atoms with Crippen molar-refractivity contribution >= 4 is 22.8 Å². The molecule has 1 saturated heterocycles. The first kappa shape index (κ1) is 22.4. The highest BCUT2D eigenvalue weighted by atomic mass is 16.2. The van der Waals surface area contributed by atoms with E-state index in [-0.39, 0.29) is 35.4 Å². The van der Waals surface area contributed by atoms with E-state index in [1.165, 1.54) is 0 Å². The number of amides is 3. The van der Waals surface area contributed by atoms with Gasteiger partial charge in [0.15, 0.2) is 0 Å². The van der Waals surface area contributed by atoms with Crippen LogP contribution in [0.15, 0.2) is 23.1 Å². The third kappa shape index (κ3) is 4.40. The minimum Gasteiger partial charge on any atom is -0.321 e. The first-order valence-electron chi connectivity index (χ1n) is 11.3. The van der Waals surface area contributed by atoms with Crippen LogP contribution in [-0.2, 0) is 11.8 Å². The van der Waals surface area contributed by atoms with Gasteiger partial charge in [0, 0.05) is 49.4 Å². The lowest BCUT2D eigenvalue weighted by Crippen LogP contribution is -2.51. The van der Waals surface area contributed by atoms with Crippen molar-refractivity contribution in [3.05, 3.63) is 39.9 Å². The Bertz CT molecular complexity index is 1100. The van der Waals surface area contributed by atoms with Crippen LogP contribution in [0, 0.1) is 18.8 Å². The van der Waals surface area contributed by atoms with Crippen molar-refractivity contribution in [1.82, 2.24) is 30.6 Å². The fourth-order valence-corrected chi connectivity index (χ4v) is 5.00. The summed E-state index contributed by atoms with van der Waals surface area (Å²) in [5, 5.41) is 8.08. The Kier molecular flexibility index (Phi) is 6.30. The topological polar surface area (TPSA) is 108 Å². The molecule has 172 valence electrons. The summed E-state index contributed by atoms with van der Waals surface area (Å²) in [5.41, 5.74) is 5.52. The van der Waals surface area contributed by atoms with Gasteiger partial charge in [-0.25, -0.2) is 9.80 Å². The molecule has 32 heavy (non-hydrogen) atoms. The molecule has 2 aromatic rings. The summed E-state index contributed by atoms with van der Waals surface area (Å²) in [4.78, 5) is 42.7. The fourth-order valence-electron chi connectivity index (χ4n) is 5.00. The number of carbonyl (C=O) groups is 2. The highest BCUT2D eigenvalue weighted by Crippen LogP contribution is 2.40. The second-order valence-electron chi connectivity index (χ2n) is 9.23. The Labute approximate surface area is 187 Å². The molecule has 0 radical (unpaired) electrons. The van der Waals surface area contributed by atoms with Gasteiger partial charge in [0.1, 0.15) is 0 Å². The SMILES string of the molecule is Cc1cc2c(cn1)cc(C1CC(C(=O)NC(=O)NC3CCNN3C)CCC1C)c(=O)n2C. The van der Waals surface area contributed by atoms with Crippen molar-refractivity contribution in [2.24, 2.45) is 18.9 Å². The highest BCUT2D eigenvalue weighted by molar-refractivity contribution is 5.95. The molecule has 3 heterocycles. The van der Waals surface area contributed by atoms with Crippen LogP contribution in [0.4, 0.5) is 4.79 Å². The minimum atomic E-state index is -0.478. The summed E-state index contributed by atoms with van der Waals surface area (Å²) in [6.07, 6.45) is 4.51. The maximum absolute atomic E-state index is 13.2. The molecule has 2 aliphatic rings. The molecule has 4 unspecified atom stereocenters. The van der Waals surface area contributed by atoms with E-state index < -0.39 is 6.03 Å². The van der Waals surface area contributed by atoms with Gasteiger partial charge in [-0.3, -0.25) is 25.3 Å². The zero-order chi connectivity index (χ0) is 23.0. The van der Waals surface area contributed by atoms with Crippen LogP contribution >= 0.6 is 0 Å². The van der Waals surface area contributed by atoms with Gasteiger partial charge < -0.3 is 9.88 Å². The number of hydrogen-bond acceptors (Lipinski definition) is 6. The number of nitrogens with zero attached hydrogens (tertiary/aromatic N) is 3. The first-order valence-corrected chi connectivity index (χ1v) is 11.3. The van der Waals surface area contributed by atoms with E-state index in [2.05, 4.69) is 28.0 Å². The molecule has 2 fully saturated rings. The van der Waals surface area contributed by atoms with Crippen LogP contribution in [0.5, 0.6) is 0 Å². The Morgan fingerprint density at radius 2 is 1.97 bits per heavy atom. The number of hydrazine groups is 1. The van der Waals surface area contributed by atoms with E-state index in [0.717, 1.165) is 41.5 Å². The number of urea groups is 1. The molecule has 4 rings (SSSR count). The molecular formula is C23H32N6O3. The summed E-state index contributed by atoms with van der Waals surface area (Å²) in [6, 6.07) is 3.37. The summed E-state index contributed by atoms with van der Waals surface area (Å²) in [7, 11) is 3.64. The summed E-state index contributed by atoms with van der Waals surface area (Å²) in [6.45, 7) is 4.82. The van der Waals surface area contributed by atoms with Gasteiger partial charge in [-0.15, -0.1) is 0 Å². The Morgan fingerprint density at radius 1 is 1.19 bits per heavy atom. The van der Waals surface area contributed by atoms with E-state index in [0.29, 0.717) is 12.8 Å². The van der Waals surface area contributed by atoms with Gasteiger partial charge in [0.25, 0.3) is 5.56 Å². The predicted octanol–water partition coefficient (Wildman–Crippen LogP) is 1.75. The zero-order valence-electron chi connectivity index (χ0n) is 19.1. The second-order valence-corrected chi connectivity index (χ2v) is 9.23. The quantitative estimate of drug-likeness (QED) is 0.671. The standard InChI is InChI=1S/C23H32N6O3/c1-13-5-6-15(21(30)27-23(32)26-20-7-8-25-29(20)4)10-17(13)18-11-16-12-24-14(2)9-19(16)28(3)22(18)31/h9,11-13,15,17,20,25H,5-8,10H2,1-4H3,(H2,26,27,30,32). The largest absolute Gasteiger partial charge is 0.322 e. The minimum absolute atomic E-state index is 0.0319. The lowest BCUT2D eigenvalue weighted by atomic mass is 9.71. The van der Waals surface area contributed by atoms with Gasteiger partial charge in [-0.1, -0.05) is 6.92 Å². The average Bonchev–Trinajstić information content (AvgIpc) is 3.15. The van der Waals surface area contributed by atoms with Crippen molar-refractivity contribution in [3.63, 3.8) is 0 Å². The van der Waals surface area contributed by atoms with Crippen LogP contribution in [0.25, 0.3) is 10.9 Å². The van der Waals surface area contributed by atoms with E-state index in [9.17, 15) is 14.4 Å². The normalized spacial score (nSPS) is 26.2. The lowest BCUT2D eigenvalue weighted by Gasteiger charge is -2.34. The van der Waals surface area contributed by atoms with Gasteiger partial charge >= 0.3 is 6.03 Å². The molecule has 0 aromatic carbocycles. The van der Waals surface area contributed by atoms with E-state index in [4.69, 9.17) is 0 Å². The van der Waals surface area contributed by atoms with E-state index in [1.54, 1.807) is 17.8 Å². The van der Waals surface area contributed by atoms with Crippen LogP contribution in [0.1, 0.15) is 49.8 Å². The summed E-state index contributed by atoms with van der Waals surface area (Å²) < 4.78 is 1.68. The Morgan fingerprint density at radius 3 is 2.69 bits per heavy atom. The van der Waals surface area contributed by atoms with Gasteiger partial charge in [-0.2, -0.15) is 0 Å². The second kappa shape index (κ2) is 8.99. The molecule has 9 heteroatoms. The first-order chi connectivity index (χ1) is 15.2. The molecule has 9 nitrogen and oxygen atoms in total. The number of pyridine rings is 2. The van der Waals surface area contributed by atoms with Gasteiger partial charge in [0.05, 0.1) is 11.7 Å². The maximum Gasteiger partial charge on any atom is 0.322 e. The highest BCUT2D eigenvalue weighted by Gasteiger charge is 2.35. The van der Waals surface area contributed by atoms with Crippen molar-refractivity contribution in [2.45, 2.75) is 51.6 Å². The number of aromatic nitrogens is 2. The predicted molar refractivity (Wildman–Crippen MR) is 122 cm³/mol. The monoisotopic (exact) mass is 440 g/mol. The fraction of sp³-hybridized carbons (Fsp3) is 0.565. The number of imide groups is 1. The number of hydrogen-bond donors (Lipinski definition) is 3. The molecular weight excluding hydrogens is 408 g/mol. The maximum atomic E-state index is 13.2. The number of fused-ring (bicyclic) bond motifs is 1. The average molecular weight is 441 g/mol. The molecule has 0 spiro atoms. The van der Waals surface area contributed by atoms with Gasteiger partial charge in [0.2, 0.25) is 5.91 Å². The smallest absolute Gasteiger partial charge is 0.321 e. The van der Waals surface area contributed by atoms with Crippen molar-refractivity contribution in [2.75, 3.05) is 13.6 Å². The number of carbonyl (C=O) groups excluding carboxylic acids is 2. The van der Waals surface area contributed by atoms with Crippen LogP contribution in [0.2, 0.25) is 0 Å². The van der Waals surface area contributed by atoms with Crippen molar-refractivity contribution in [1.29, 1.82) is 0 Å². The molecule has 1 aliphatic heterocycles. The van der Waals surface area contributed by atoms with Crippen LogP contribution in [-0.4, -0.2) is 46.3 Å². The Balaban J connectivity index is 1.50. The molecule has 3 amide bonds. The van der Waals surface area contributed by atoms with E-state index in [1.807, 2.05) is 31.1 Å². The summed E-state index contributed by atoms with van der Waals surface area (Å²) >= 11 is 0. The molecule has 2 aromatic heterocycles. The van der Waals surface area contributed by atoms with Crippen molar-refractivity contribution in [3.8, 4) is 0 Å².